The second-order valence-electron chi connectivity index (χ2n) is 7.64. The van der Waals surface area contributed by atoms with Crippen molar-refractivity contribution in [1.29, 1.82) is 0 Å². The number of fused-ring (bicyclic) bond motifs is 1. The van der Waals surface area contributed by atoms with Crippen LogP contribution in [-0.2, 0) is 11.3 Å². The molecule has 0 aliphatic carbocycles. The largest absolute Gasteiger partial charge is 0.497 e. The fourth-order valence-electron chi connectivity index (χ4n) is 3.83. The highest BCUT2D eigenvalue weighted by Gasteiger charge is 2.20. The molecule has 0 fully saturated rings. The van der Waals surface area contributed by atoms with Crippen LogP contribution in [0.1, 0.15) is 22.9 Å². The van der Waals surface area contributed by atoms with E-state index in [0.717, 1.165) is 33.6 Å². The molecule has 2 aromatic carbocycles. The number of carbonyl (C=O) groups excluding carboxylic acids is 1. The number of nitrogens with one attached hydrogen (secondary N) is 2. The Morgan fingerprint density at radius 1 is 1.24 bits per heavy atom. The number of aromatic amines is 1. The maximum atomic E-state index is 12.7. The predicted molar refractivity (Wildman–Crippen MR) is 132 cm³/mol. The summed E-state index contributed by atoms with van der Waals surface area (Å²) in [5.74, 6) is 1.81. The van der Waals surface area contributed by atoms with Crippen molar-refractivity contribution in [2.75, 3.05) is 19.4 Å². The number of thioether (sulfide) groups is 1. The molecule has 4 aromatic rings. The first-order chi connectivity index (χ1) is 16.1. The number of methoxy groups -OCH3 is 1. The summed E-state index contributed by atoms with van der Waals surface area (Å²) in [6, 6.07) is 16.2. The molecule has 0 saturated heterocycles. The number of hydrogen-bond donors (Lipinski definition) is 2. The van der Waals surface area contributed by atoms with Gasteiger partial charge in [0.2, 0.25) is 5.91 Å². The zero-order valence-corrected chi connectivity index (χ0v) is 19.6. The van der Waals surface area contributed by atoms with Crippen molar-refractivity contribution >= 4 is 28.6 Å². The van der Waals surface area contributed by atoms with E-state index in [-0.39, 0.29) is 17.6 Å². The van der Waals surface area contributed by atoms with E-state index in [0.29, 0.717) is 18.2 Å². The summed E-state index contributed by atoms with van der Waals surface area (Å²) in [7, 11) is 1.65. The molecule has 0 spiro atoms. The molecule has 1 amide bonds. The minimum atomic E-state index is -0.0517. The van der Waals surface area contributed by atoms with E-state index in [9.17, 15) is 4.79 Å². The molecule has 0 radical (unpaired) electrons. The molecule has 2 N–H and O–H groups in total. The van der Waals surface area contributed by atoms with Gasteiger partial charge in [0.1, 0.15) is 11.6 Å². The summed E-state index contributed by atoms with van der Waals surface area (Å²) in [6.07, 6.45) is 3.82. The van der Waals surface area contributed by atoms with E-state index in [1.165, 1.54) is 11.8 Å². The summed E-state index contributed by atoms with van der Waals surface area (Å²) in [4.78, 5) is 16.1. The van der Waals surface area contributed by atoms with Crippen LogP contribution in [-0.4, -0.2) is 45.1 Å². The fraction of sp³-hybridized carbons (Fsp3) is 0.240. The molecule has 1 unspecified atom stereocenters. The average molecular weight is 462 g/mol. The Kier molecular flexibility index (Phi) is 7.14. The number of amides is 1. The van der Waals surface area contributed by atoms with Crippen LogP contribution in [0.4, 0.5) is 0 Å². The monoisotopic (exact) mass is 461 g/mol. The van der Waals surface area contributed by atoms with Crippen molar-refractivity contribution in [2.24, 2.45) is 0 Å². The van der Waals surface area contributed by atoms with Gasteiger partial charge in [0.25, 0.3) is 0 Å². The van der Waals surface area contributed by atoms with Gasteiger partial charge < -0.3 is 19.6 Å². The highest BCUT2D eigenvalue weighted by Crippen LogP contribution is 2.31. The van der Waals surface area contributed by atoms with E-state index in [1.807, 2.05) is 54.1 Å². The summed E-state index contributed by atoms with van der Waals surface area (Å²) >= 11 is 1.38. The lowest BCUT2D eigenvalue weighted by Gasteiger charge is -2.18. The molecule has 0 bridgehead atoms. The summed E-state index contributed by atoms with van der Waals surface area (Å²) in [5, 5.41) is 13.2. The molecule has 2 aromatic heterocycles. The van der Waals surface area contributed by atoms with Crippen molar-refractivity contribution in [3.63, 3.8) is 0 Å². The van der Waals surface area contributed by atoms with Crippen molar-refractivity contribution < 1.29 is 9.53 Å². The third-order valence-corrected chi connectivity index (χ3v) is 6.53. The quantitative estimate of drug-likeness (QED) is 0.272. The normalized spacial score (nSPS) is 11.9. The topological polar surface area (TPSA) is 84.8 Å². The van der Waals surface area contributed by atoms with Crippen LogP contribution in [0.25, 0.3) is 10.9 Å². The van der Waals surface area contributed by atoms with Crippen LogP contribution < -0.4 is 10.1 Å². The first kappa shape index (κ1) is 22.7. The standard InChI is InChI=1S/C25H27N5O2S/c1-4-13-30-17(2)28-29-25(30)33-16-24(31)27-14-21(18-9-11-19(32-3)12-10-18)22-15-26-23-8-6-5-7-20(22)23/h4-12,15,21,26H,1,13-14,16H2,2-3H3,(H,27,31). The van der Waals surface area contributed by atoms with E-state index in [4.69, 9.17) is 4.74 Å². The Labute approximate surface area is 197 Å². The third kappa shape index (κ3) is 5.12. The van der Waals surface area contributed by atoms with Crippen LogP contribution in [0.3, 0.4) is 0 Å². The first-order valence-electron chi connectivity index (χ1n) is 10.7. The Morgan fingerprint density at radius 3 is 2.79 bits per heavy atom. The second-order valence-corrected chi connectivity index (χ2v) is 8.58. The van der Waals surface area contributed by atoms with Gasteiger partial charge in [-0.05, 0) is 36.2 Å². The molecule has 0 aliphatic rings. The van der Waals surface area contributed by atoms with Gasteiger partial charge in [0.05, 0.1) is 12.9 Å². The smallest absolute Gasteiger partial charge is 0.230 e. The lowest BCUT2D eigenvalue weighted by atomic mass is 9.91. The highest BCUT2D eigenvalue weighted by atomic mass is 32.2. The molecule has 1 atom stereocenters. The minimum absolute atomic E-state index is 0.00679. The molecule has 0 aliphatic heterocycles. The Balaban J connectivity index is 1.49. The molecule has 0 saturated carbocycles. The van der Waals surface area contributed by atoms with Gasteiger partial charge >= 0.3 is 0 Å². The van der Waals surface area contributed by atoms with Crippen LogP contribution >= 0.6 is 11.8 Å². The third-order valence-electron chi connectivity index (χ3n) is 5.56. The van der Waals surface area contributed by atoms with E-state index >= 15 is 0 Å². The second kappa shape index (κ2) is 10.4. The zero-order chi connectivity index (χ0) is 23.2. The van der Waals surface area contributed by atoms with Gasteiger partial charge in [-0.2, -0.15) is 0 Å². The maximum absolute atomic E-state index is 12.7. The first-order valence-corrected chi connectivity index (χ1v) is 11.7. The number of carbonyl (C=O) groups is 1. The Bertz CT molecular complexity index is 1250. The van der Waals surface area contributed by atoms with Gasteiger partial charge in [-0.1, -0.05) is 48.2 Å². The molecule has 8 heteroatoms. The predicted octanol–water partition coefficient (Wildman–Crippen LogP) is 4.30. The number of aryl methyl sites for hydroxylation is 1. The number of para-hydroxylation sites is 1. The van der Waals surface area contributed by atoms with Crippen LogP contribution in [0.2, 0.25) is 0 Å². The minimum Gasteiger partial charge on any atom is -0.497 e. The number of rotatable bonds is 10. The number of ether oxygens (including phenoxy) is 1. The number of benzene rings is 2. The van der Waals surface area contributed by atoms with Crippen molar-refractivity contribution in [3.8, 4) is 5.75 Å². The summed E-state index contributed by atoms with van der Waals surface area (Å²) < 4.78 is 7.25. The number of H-pyrrole nitrogens is 1. The average Bonchev–Trinajstić information content (AvgIpc) is 3.42. The van der Waals surface area contributed by atoms with Crippen LogP contribution in [0.15, 0.2) is 72.5 Å². The fourth-order valence-corrected chi connectivity index (χ4v) is 4.65. The van der Waals surface area contributed by atoms with Gasteiger partial charge in [0, 0.05) is 36.1 Å². The molecule has 4 rings (SSSR count). The molecule has 33 heavy (non-hydrogen) atoms. The molecule has 170 valence electrons. The number of aromatic nitrogens is 4. The molecule has 7 nitrogen and oxygen atoms in total. The molecular formula is C25H27N5O2S. The number of allylic oxidation sites excluding steroid dienone is 1. The van der Waals surface area contributed by atoms with Gasteiger partial charge in [-0.3, -0.25) is 4.79 Å². The van der Waals surface area contributed by atoms with Crippen molar-refractivity contribution in [1.82, 2.24) is 25.1 Å². The van der Waals surface area contributed by atoms with Gasteiger partial charge in [-0.25, -0.2) is 0 Å². The highest BCUT2D eigenvalue weighted by molar-refractivity contribution is 7.99. The summed E-state index contributed by atoms with van der Waals surface area (Å²) in [6.45, 7) is 6.75. The molecule has 2 heterocycles. The van der Waals surface area contributed by atoms with Crippen molar-refractivity contribution in [2.45, 2.75) is 24.5 Å². The summed E-state index contributed by atoms with van der Waals surface area (Å²) in [5.41, 5.74) is 3.32. The van der Waals surface area contributed by atoms with Gasteiger partial charge in [0.15, 0.2) is 5.16 Å². The number of hydrogen-bond acceptors (Lipinski definition) is 5. The maximum Gasteiger partial charge on any atom is 0.230 e. The zero-order valence-electron chi connectivity index (χ0n) is 18.7. The Hall–Kier alpha value is -3.52. The molecular weight excluding hydrogens is 434 g/mol. The SMILES string of the molecule is C=CCn1c(C)nnc1SCC(=O)NCC(c1ccc(OC)cc1)c1c[nH]c2ccccc12. The van der Waals surface area contributed by atoms with Crippen LogP contribution in [0, 0.1) is 6.92 Å². The number of nitrogens with zero attached hydrogens (tertiary/aromatic N) is 3. The van der Waals surface area contributed by atoms with Gasteiger partial charge in [-0.15, -0.1) is 16.8 Å². The Morgan fingerprint density at radius 2 is 2.03 bits per heavy atom. The van der Waals surface area contributed by atoms with E-state index in [2.05, 4.69) is 39.2 Å². The van der Waals surface area contributed by atoms with Crippen LogP contribution in [0.5, 0.6) is 5.75 Å². The van der Waals surface area contributed by atoms with E-state index < -0.39 is 0 Å². The van der Waals surface area contributed by atoms with E-state index in [1.54, 1.807) is 13.2 Å². The van der Waals surface area contributed by atoms with Crippen molar-refractivity contribution in [3.05, 3.63) is 84.3 Å². The lowest BCUT2D eigenvalue weighted by Crippen LogP contribution is -2.30. The lowest BCUT2D eigenvalue weighted by molar-refractivity contribution is -0.118.